The number of carbonyl (C=O) groups is 2. The third-order valence-electron chi connectivity index (χ3n) is 4.88. The average Bonchev–Trinajstić information content (AvgIpc) is 3.22. The zero-order valence-corrected chi connectivity index (χ0v) is 19.5. The summed E-state index contributed by atoms with van der Waals surface area (Å²) in [6, 6.07) is 12.1. The maximum absolute atomic E-state index is 13.3. The van der Waals surface area contributed by atoms with Gasteiger partial charge in [-0.1, -0.05) is 75.5 Å². The molecule has 2 aromatic carbocycles. The van der Waals surface area contributed by atoms with Crippen LogP contribution in [0.15, 0.2) is 42.5 Å². The number of nitrogens with zero attached hydrogens (tertiary/aromatic N) is 1. The van der Waals surface area contributed by atoms with Crippen LogP contribution >= 0.6 is 44.8 Å². The lowest BCUT2D eigenvalue weighted by atomic mass is 10.1. The number of rotatable bonds is 9. The normalized spacial score (nSPS) is 15.9. The van der Waals surface area contributed by atoms with E-state index < -0.39 is 5.97 Å². The number of carbonyl (C=O) groups excluding carboxylic acids is 1. The van der Waals surface area contributed by atoms with Crippen LogP contribution in [0.3, 0.4) is 0 Å². The predicted octanol–water partition coefficient (Wildman–Crippen LogP) is 7.00. The minimum atomic E-state index is -0.966. The van der Waals surface area contributed by atoms with Crippen LogP contribution in [0.25, 0.3) is 0 Å². The van der Waals surface area contributed by atoms with E-state index >= 15 is 0 Å². The van der Waals surface area contributed by atoms with Gasteiger partial charge in [-0.2, -0.15) is 0 Å². The van der Waals surface area contributed by atoms with Gasteiger partial charge in [0.2, 0.25) is 5.91 Å². The van der Waals surface area contributed by atoms with Gasteiger partial charge in [0.1, 0.15) is 0 Å². The lowest BCUT2D eigenvalue weighted by Crippen LogP contribution is -2.27. The van der Waals surface area contributed by atoms with E-state index in [9.17, 15) is 14.7 Å². The molecular formula is C22H23Cl2NO3S2. The Labute approximate surface area is 194 Å². The quantitative estimate of drug-likeness (QED) is 0.307. The summed E-state index contributed by atoms with van der Waals surface area (Å²) in [5.41, 5.74) is 1.43. The van der Waals surface area contributed by atoms with Crippen molar-refractivity contribution in [3.63, 3.8) is 0 Å². The number of benzene rings is 2. The van der Waals surface area contributed by atoms with Crippen LogP contribution in [0.2, 0.25) is 10.0 Å². The van der Waals surface area contributed by atoms with Crippen molar-refractivity contribution in [2.75, 3.05) is 10.7 Å². The molecule has 0 spiro atoms. The molecule has 3 rings (SSSR count). The van der Waals surface area contributed by atoms with Crippen molar-refractivity contribution in [1.82, 2.24) is 0 Å². The Hall–Kier alpha value is -1.34. The topological polar surface area (TPSA) is 57.6 Å². The van der Waals surface area contributed by atoms with Crippen molar-refractivity contribution in [1.29, 1.82) is 0 Å². The summed E-state index contributed by atoms with van der Waals surface area (Å²) in [7, 11) is 3.86. The molecule has 4 nitrogen and oxygen atoms in total. The molecular weight excluding hydrogens is 461 g/mol. The van der Waals surface area contributed by atoms with Gasteiger partial charge in [-0.05, 0) is 43.0 Å². The molecule has 1 amide bonds. The summed E-state index contributed by atoms with van der Waals surface area (Å²) in [5, 5.41) is 10.7. The molecule has 0 bridgehead atoms. The number of carboxylic acids is 1. The number of para-hydroxylation sites is 2. The van der Waals surface area contributed by atoms with Crippen LogP contribution in [0.5, 0.6) is 0 Å². The maximum Gasteiger partial charge on any atom is 0.307 e. The maximum atomic E-state index is 13.3. The van der Waals surface area contributed by atoms with Gasteiger partial charge < -0.3 is 5.11 Å². The van der Waals surface area contributed by atoms with Gasteiger partial charge in [-0.3, -0.25) is 14.5 Å². The molecule has 1 atom stereocenters. The Morgan fingerprint density at radius 2 is 1.80 bits per heavy atom. The highest BCUT2D eigenvalue weighted by atomic mass is 35.5. The van der Waals surface area contributed by atoms with Gasteiger partial charge >= 0.3 is 5.97 Å². The molecule has 1 fully saturated rings. The van der Waals surface area contributed by atoms with E-state index in [-0.39, 0.29) is 12.3 Å². The van der Waals surface area contributed by atoms with Crippen LogP contribution in [-0.4, -0.2) is 28.0 Å². The van der Waals surface area contributed by atoms with Gasteiger partial charge in [0.05, 0.1) is 27.8 Å². The fraction of sp³-hybridized carbons (Fsp3) is 0.364. The lowest BCUT2D eigenvalue weighted by molar-refractivity contribution is -0.136. The van der Waals surface area contributed by atoms with Gasteiger partial charge in [0, 0.05) is 17.4 Å². The van der Waals surface area contributed by atoms with Crippen LogP contribution in [-0.2, 0) is 16.0 Å². The Bertz CT molecular complexity index is 883. The molecule has 160 valence electrons. The largest absolute Gasteiger partial charge is 0.481 e. The van der Waals surface area contributed by atoms with E-state index in [1.165, 1.54) is 17.1 Å². The van der Waals surface area contributed by atoms with Crippen LogP contribution in [0, 0.1) is 0 Å². The third kappa shape index (κ3) is 6.10. The Balaban J connectivity index is 1.85. The highest BCUT2D eigenvalue weighted by Crippen LogP contribution is 2.41. The first kappa shape index (κ1) is 23.3. The highest BCUT2D eigenvalue weighted by Gasteiger charge is 2.25. The summed E-state index contributed by atoms with van der Waals surface area (Å²) in [6.45, 7) is 0. The van der Waals surface area contributed by atoms with E-state index in [4.69, 9.17) is 23.2 Å². The number of unbranched alkanes of at least 4 members (excludes halogenated alkanes) is 1. The van der Waals surface area contributed by atoms with Crippen molar-refractivity contribution >= 4 is 68.0 Å². The molecule has 1 aliphatic heterocycles. The van der Waals surface area contributed by atoms with E-state index in [0.717, 1.165) is 19.3 Å². The van der Waals surface area contributed by atoms with E-state index in [2.05, 4.69) is 0 Å². The van der Waals surface area contributed by atoms with Crippen molar-refractivity contribution in [2.45, 2.75) is 43.8 Å². The molecule has 0 radical (unpaired) electrons. The zero-order chi connectivity index (χ0) is 21.5. The van der Waals surface area contributed by atoms with Gasteiger partial charge in [-0.25, -0.2) is 0 Å². The number of carboxylic acid groups (broad SMARTS) is 1. The second-order valence-electron chi connectivity index (χ2n) is 7.07. The van der Waals surface area contributed by atoms with Crippen molar-refractivity contribution < 1.29 is 14.7 Å². The minimum Gasteiger partial charge on any atom is -0.481 e. The highest BCUT2D eigenvalue weighted by molar-refractivity contribution is 8.77. The number of aliphatic carboxylic acids is 1. The second-order valence-corrected chi connectivity index (χ2v) is 10.7. The molecule has 1 heterocycles. The monoisotopic (exact) mass is 483 g/mol. The summed E-state index contributed by atoms with van der Waals surface area (Å²) in [6.07, 6.45) is 4.22. The number of hydrogen-bond acceptors (Lipinski definition) is 4. The Morgan fingerprint density at radius 3 is 2.47 bits per heavy atom. The lowest BCUT2D eigenvalue weighted by Gasteiger charge is -2.27. The number of hydrogen-bond donors (Lipinski definition) is 1. The zero-order valence-electron chi connectivity index (χ0n) is 16.4. The molecule has 1 unspecified atom stereocenters. The first-order chi connectivity index (χ1) is 14.5. The van der Waals surface area contributed by atoms with Gasteiger partial charge in [0.25, 0.3) is 0 Å². The first-order valence-electron chi connectivity index (χ1n) is 9.82. The Kier molecular flexibility index (Phi) is 8.81. The minimum absolute atomic E-state index is 0.142. The number of halogens is 2. The standard InChI is InChI=1S/C22H23Cl2NO3S2/c23-17-8-5-9-18(24)22(17)25(19-10-3-1-6-15(19)14-21(27)28)20(26)11-4-2-7-16-12-13-29-30-16/h1,3,5-6,8-10,16H,2,4,7,11-14H2,(H,27,28). The molecule has 0 aliphatic carbocycles. The summed E-state index contributed by atoms with van der Waals surface area (Å²) in [4.78, 5) is 26.2. The fourth-order valence-electron chi connectivity index (χ4n) is 3.45. The average molecular weight is 484 g/mol. The van der Waals surface area contributed by atoms with Gasteiger partial charge in [0.15, 0.2) is 0 Å². The smallest absolute Gasteiger partial charge is 0.307 e. The van der Waals surface area contributed by atoms with Crippen LogP contribution in [0.1, 0.15) is 37.7 Å². The molecule has 8 heteroatoms. The summed E-state index contributed by atoms with van der Waals surface area (Å²) in [5.74, 6) is 0.0938. The molecule has 1 aliphatic rings. The van der Waals surface area contributed by atoms with Crippen LogP contribution in [0.4, 0.5) is 11.4 Å². The molecule has 1 N–H and O–H groups in total. The Morgan fingerprint density at radius 1 is 1.07 bits per heavy atom. The van der Waals surface area contributed by atoms with Crippen molar-refractivity contribution in [3.05, 3.63) is 58.1 Å². The molecule has 2 aromatic rings. The number of amides is 1. The van der Waals surface area contributed by atoms with Gasteiger partial charge in [-0.15, -0.1) is 0 Å². The van der Waals surface area contributed by atoms with Crippen LogP contribution < -0.4 is 4.90 Å². The van der Waals surface area contributed by atoms with E-state index in [1.807, 2.05) is 21.6 Å². The molecule has 0 saturated carbocycles. The van der Waals surface area contributed by atoms with E-state index in [0.29, 0.717) is 38.7 Å². The SMILES string of the molecule is O=C(O)Cc1ccccc1N(C(=O)CCCCC1CCSS1)c1c(Cl)cccc1Cl. The second kappa shape index (κ2) is 11.3. The van der Waals surface area contributed by atoms with Crippen molar-refractivity contribution in [3.8, 4) is 0 Å². The fourth-order valence-corrected chi connectivity index (χ4v) is 7.04. The molecule has 0 aromatic heterocycles. The molecule has 30 heavy (non-hydrogen) atoms. The first-order valence-corrected chi connectivity index (χ1v) is 13.0. The van der Waals surface area contributed by atoms with Crippen molar-refractivity contribution in [2.24, 2.45) is 0 Å². The summed E-state index contributed by atoms with van der Waals surface area (Å²) >= 11 is 12.8. The predicted molar refractivity (Wildman–Crippen MR) is 128 cm³/mol. The number of anilines is 2. The van der Waals surface area contributed by atoms with E-state index in [1.54, 1.807) is 42.5 Å². The molecule has 1 saturated heterocycles. The summed E-state index contributed by atoms with van der Waals surface area (Å²) < 4.78 is 0. The third-order valence-corrected chi connectivity index (χ3v) is 8.50.